The van der Waals surface area contributed by atoms with Gasteiger partial charge in [0.25, 0.3) is 5.91 Å². The standard InChI is InChI=1S/C18H13N5O5S2/c1-9-6-13(23-28-9)19-14(24)8-29-18-22-21-17(30-18)20-15(25)11-7-10-4-2-3-5-12(10)27-16(11)26/h2-7H,8H2,1H3,(H,19,23,24)(H,20,21,25). The highest BCUT2D eigenvalue weighted by Crippen LogP contribution is 2.26. The number of hydrogen-bond acceptors (Lipinski definition) is 10. The summed E-state index contributed by atoms with van der Waals surface area (Å²) in [6.45, 7) is 1.72. The van der Waals surface area contributed by atoms with E-state index in [0.717, 1.165) is 23.1 Å². The number of aryl methyl sites for hydroxylation is 1. The second-order valence-electron chi connectivity index (χ2n) is 5.97. The van der Waals surface area contributed by atoms with Crippen LogP contribution in [0, 0.1) is 6.92 Å². The quantitative estimate of drug-likeness (QED) is 0.261. The molecule has 0 bridgehead atoms. The molecule has 10 nitrogen and oxygen atoms in total. The minimum atomic E-state index is -0.745. The molecule has 152 valence electrons. The van der Waals surface area contributed by atoms with Gasteiger partial charge < -0.3 is 14.3 Å². The van der Waals surface area contributed by atoms with Crippen LogP contribution in [0.4, 0.5) is 10.9 Å². The second kappa shape index (κ2) is 8.47. The van der Waals surface area contributed by atoms with Crippen molar-refractivity contribution in [2.45, 2.75) is 11.3 Å². The monoisotopic (exact) mass is 443 g/mol. The van der Waals surface area contributed by atoms with Crippen LogP contribution in [0.1, 0.15) is 16.1 Å². The van der Waals surface area contributed by atoms with Crippen LogP contribution < -0.4 is 16.3 Å². The first kappa shape index (κ1) is 19.8. The fourth-order valence-corrected chi connectivity index (χ4v) is 3.98. The molecule has 1 aromatic carbocycles. The van der Waals surface area contributed by atoms with Crippen molar-refractivity contribution in [2.24, 2.45) is 0 Å². The number of anilines is 2. The third-order valence-electron chi connectivity index (χ3n) is 3.74. The molecule has 0 radical (unpaired) electrons. The average Bonchev–Trinajstić information content (AvgIpc) is 3.34. The number of nitrogens with one attached hydrogen (secondary N) is 2. The number of fused-ring (bicyclic) bond motifs is 1. The largest absolute Gasteiger partial charge is 0.422 e. The van der Waals surface area contributed by atoms with Crippen LogP contribution in [0.25, 0.3) is 11.0 Å². The summed E-state index contributed by atoms with van der Waals surface area (Å²) < 4.78 is 10.5. The lowest BCUT2D eigenvalue weighted by atomic mass is 10.2. The number of amides is 2. The Hall–Kier alpha value is -3.51. The first-order valence-electron chi connectivity index (χ1n) is 8.51. The highest BCUT2D eigenvalue weighted by atomic mass is 32.2. The molecular formula is C18H13N5O5S2. The van der Waals surface area contributed by atoms with Crippen molar-refractivity contribution in [1.29, 1.82) is 0 Å². The lowest BCUT2D eigenvalue weighted by Crippen LogP contribution is -2.20. The Kier molecular flexibility index (Phi) is 5.59. The summed E-state index contributed by atoms with van der Waals surface area (Å²) in [5, 5.41) is 17.4. The molecule has 0 atom stereocenters. The van der Waals surface area contributed by atoms with Crippen LogP contribution in [0.3, 0.4) is 0 Å². The molecule has 0 aliphatic carbocycles. The molecular weight excluding hydrogens is 430 g/mol. The summed E-state index contributed by atoms with van der Waals surface area (Å²) in [5.74, 6) is 0.0487. The number of benzene rings is 1. The number of carbonyl (C=O) groups is 2. The van der Waals surface area contributed by atoms with Gasteiger partial charge in [-0.2, -0.15) is 0 Å². The number of carbonyl (C=O) groups excluding carboxylic acids is 2. The Morgan fingerprint density at radius 3 is 2.80 bits per heavy atom. The molecule has 12 heteroatoms. The zero-order valence-electron chi connectivity index (χ0n) is 15.4. The molecule has 0 spiro atoms. The smallest absolute Gasteiger partial charge is 0.349 e. The molecule has 0 unspecified atom stereocenters. The van der Waals surface area contributed by atoms with Crippen LogP contribution in [-0.2, 0) is 4.79 Å². The van der Waals surface area contributed by atoms with E-state index < -0.39 is 11.5 Å². The molecule has 2 amide bonds. The predicted octanol–water partition coefficient (Wildman–Crippen LogP) is 2.92. The molecule has 30 heavy (non-hydrogen) atoms. The van der Waals surface area contributed by atoms with Crippen molar-refractivity contribution in [1.82, 2.24) is 15.4 Å². The van der Waals surface area contributed by atoms with E-state index in [2.05, 4.69) is 26.0 Å². The topological polar surface area (TPSA) is 140 Å². The molecule has 0 aliphatic rings. The molecule has 0 saturated heterocycles. The summed E-state index contributed by atoms with van der Waals surface area (Å²) in [6, 6.07) is 9.96. The van der Waals surface area contributed by atoms with Gasteiger partial charge in [0, 0.05) is 11.5 Å². The van der Waals surface area contributed by atoms with Crippen molar-refractivity contribution in [3.63, 3.8) is 0 Å². The summed E-state index contributed by atoms with van der Waals surface area (Å²) in [4.78, 5) is 36.5. The van der Waals surface area contributed by atoms with Gasteiger partial charge in [0.1, 0.15) is 16.9 Å². The number of para-hydroxylation sites is 1. The van der Waals surface area contributed by atoms with E-state index in [1.807, 2.05) is 0 Å². The van der Waals surface area contributed by atoms with E-state index in [0.29, 0.717) is 26.9 Å². The second-order valence-corrected chi connectivity index (χ2v) is 8.17. The maximum atomic E-state index is 12.4. The maximum absolute atomic E-state index is 12.4. The van der Waals surface area contributed by atoms with Gasteiger partial charge in [-0.3, -0.25) is 14.9 Å². The van der Waals surface area contributed by atoms with Crippen LogP contribution in [-0.4, -0.2) is 32.9 Å². The molecule has 0 saturated carbocycles. The van der Waals surface area contributed by atoms with Gasteiger partial charge in [0.15, 0.2) is 10.2 Å². The van der Waals surface area contributed by atoms with E-state index in [1.165, 1.54) is 6.07 Å². The lowest BCUT2D eigenvalue weighted by Gasteiger charge is -2.01. The van der Waals surface area contributed by atoms with Gasteiger partial charge in [-0.1, -0.05) is 46.5 Å². The van der Waals surface area contributed by atoms with Crippen molar-refractivity contribution in [3.8, 4) is 0 Å². The minimum Gasteiger partial charge on any atom is -0.422 e. The Morgan fingerprint density at radius 2 is 2.00 bits per heavy atom. The molecule has 0 fully saturated rings. The number of thioether (sulfide) groups is 1. The normalized spacial score (nSPS) is 10.8. The number of hydrogen-bond donors (Lipinski definition) is 2. The van der Waals surface area contributed by atoms with Crippen molar-refractivity contribution >= 4 is 56.8 Å². The SMILES string of the molecule is Cc1cc(NC(=O)CSc2nnc(NC(=O)c3cc4ccccc4oc3=O)s2)no1. The fraction of sp³-hybridized carbons (Fsp3) is 0.111. The van der Waals surface area contributed by atoms with Crippen LogP contribution >= 0.6 is 23.1 Å². The third kappa shape index (κ3) is 4.55. The van der Waals surface area contributed by atoms with Gasteiger partial charge in [-0.25, -0.2) is 4.79 Å². The van der Waals surface area contributed by atoms with Crippen LogP contribution in [0.2, 0.25) is 0 Å². The van der Waals surface area contributed by atoms with Gasteiger partial charge in [0.2, 0.25) is 11.0 Å². The first-order valence-corrected chi connectivity index (χ1v) is 10.3. The molecule has 4 aromatic rings. The fourth-order valence-electron chi connectivity index (χ4n) is 2.43. The number of aromatic nitrogens is 3. The van der Waals surface area contributed by atoms with E-state index in [-0.39, 0.29) is 22.4 Å². The van der Waals surface area contributed by atoms with Gasteiger partial charge in [0.05, 0.1) is 5.75 Å². The lowest BCUT2D eigenvalue weighted by molar-refractivity contribution is -0.113. The maximum Gasteiger partial charge on any atom is 0.349 e. The van der Waals surface area contributed by atoms with Gasteiger partial charge in [-0.15, -0.1) is 10.2 Å². The highest BCUT2D eigenvalue weighted by Gasteiger charge is 2.16. The van der Waals surface area contributed by atoms with Gasteiger partial charge >= 0.3 is 5.63 Å². The average molecular weight is 443 g/mol. The summed E-state index contributed by atoms with van der Waals surface area (Å²) in [5.41, 5.74) is -0.488. The molecule has 4 rings (SSSR count). The number of rotatable bonds is 6. The molecule has 3 heterocycles. The van der Waals surface area contributed by atoms with Crippen LogP contribution in [0.15, 0.2) is 54.5 Å². The Morgan fingerprint density at radius 1 is 1.17 bits per heavy atom. The third-order valence-corrected chi connectivity index (χ3v) is 5.71. The zero-order valence-corrected chi connectivity index (χ0v) is 17.0. The van der Waals surface area contributed by atoms with E-state index in [1.54, 1.807) is 37.3 Å². The molecule has 2 N–H and O–H groups in total. The zero-order chi connectivity index (χ0) is 21.1. The highest BCUT2D eigenvalue weighted by molar-refractivity contribution is 8.01. The minimum absolute atomic E-state index is 0.0722. The summed E-state index contributed by atoms with van der Waals surface area (Å²) in [6.07, 6.45) is 0. The van der Waals surface area contributed by atoms with Crippen molar-refractivity contribution in [2.75, 3.05) is 16.4 Å². The van der Waals surface area contributed by atoms with E-state index in [9.17, 15) is 14.4 Å². The Labute approximate surface area is 176 Å². The Bertz CT molecular complexity index is 1300. The summed E-state index contributed by atoms with van der Waals surface area (Å²) >= 11 is 2.23. The van der Waals surface area contributed by atoms with Crippen molar-refractivity contribution < 1.29 is 18.5 Å². The molecule has 3 aromatic heterocycles. The number of nitrogens with zero attached hydrogens (tertiary/aromatic N) is 3. The predicted molar refractivity (Wildman–Crippen MR) is 111 cm³/mol. The summed E-state index contributed by atoms with van der Waals surface area (Å²) in [7, 11) is 0. The van der Waals surface area contributed by atoms with E-state index >= 15 is 0 Å². The van der Waals surface area contributed by atoms with E-state index in [4.69, 9.17) is 8.94 Å². The van der Waals surface area contributed by atoms with Gasteiger partial charge in [-0.05, 0) is 19.1 Å². The van der Waals surface area contributed by atoms with Crippen molar-refractivity contribution in [3.05, 3.63) is 58.1 Å². The van der Waals surface area contributed by atoms with Crippen LogP contribution in [0.5, 0.6) is 0 Å². The Balaban J connectivity index is 1.37. The first-order chi connectivity index (χ1) is 14.5. The molecule has 0 aliphatic heterocycles.